The lowest BCUT2D eigenvalue weighted by Crippen LogP contribution is -2.15. The second kappa shape index (κ2) is 7.69. The summed E-state index contributed by atoms with van der Waals surface area (Å²) in [7, 11) is 1.59. The van der Waals surface area contributed by atoms with Gasteiger partial charge in [0.05, 0.1) is 24.0 Å². The predicted octanol–water partition coefficient (Wildman–Crippen LogP) is 3.24. The molecule has 3 rings (SSSR count). The maximum Gasteiger partial charge on any atom is 0.258 e. The number of rotatable bonds is 6. The molecule has 2 aromatic carbocycles. The van der Waals surface area contributed by atoms with Gasteiger partial charge in [0, 0.05) is 23.6 Å². The van der Waals surface area contributed by atoms with Crippen molar-refractivity contribution >= 4 is 46.7 Å². The summed E-state index contributed by atoms with van der Waals surface area (Å²) in [4.78, 5) is 25.2. The monoisotopic (exact) mass is 364 g/mol. The van der Waals surface area contributed by atoms with E-state index in [0.717, 1.165) is 5.39 Å². The number of aromatic nitrogens is 2. The lowest BCUT2D eigenvalue weighted by molar-refractivity contribution is 0.102. The van der Waals surface area contributed by atoms with E-state index in [1.165, 1.54) is 0 Å². The minimum atomic E-state index is -0.371. The molecule has 0 atom stereocenters. The zero-order chi connectivity index (χ0) is 19.4. The highest BCUT2D eigenvalue weighted by Crippen LogP contribution is 2.27. The fraction of sp³-hybridized carbons (Fsp3) is 0.158. The zero-order valence-electron chi connectivity index (χ0n) is 15.1. The SMILES string of the molecule is C=Nc1cc(C(=O)Nc2nc(NCC)c3ccc(OC)cc3n2)ccc1N. The number of anilines is 3. The van der Waals surface area contributed by atoms with E-state index in [2.05, 4.69) is 32.3 Å². The van der Waals surface area contributed by atoms with Crippen LogP contribution in [0, 0.1) is 0 Å². The van der Waals surface area contributed by atoms with E-state index in [0.29, 0.717) is 40.6 Å². The Balaban J connectivity index is 1.98. The molecule has 8 heteroatoms. The number of methoxy groups -OCH3 is 1. The normalized spacial score (nSPS) is 10.4. The molecule has 0 saturated carbocycles. The van der Waals surface area contributed by atoms with Crippen molar-refractivity contribution in [2.24, 2.45) is 4.99 Å². The quantitative estimate of drug-likeness (QED) is 0.457. The van der Waals surface area contributed by atoms with Crippen LogP contribution in [0.2, 0.25) is 0 Å². The summed E-state index contributed by atoms with van der Waals surface area (Å²) >= 11 is 0. The number of ether oxygens (including phenoxy) is 1. The van der Waals surface area contributed by atoms with E-state index in [9.17, 15) is 4.79 Å². The number of fused-ring (bicyclic) bond motifs is 1. The Kier molecular flexibility index (Phi) is 5.16. The van der Waals surface area contributed by atoms with Crippen LogP contribution in [0.4, 0.5) is 23.1 Å². The Morgan fingerprint density at radius 3 is 2.78 bits per heavy atom. The third-order valence-corrected chi connectivity index (χ3v) is 3.94. The van der Waals surface area contributed by atoms with Gasteiger partial charge >= 0.3 is 0 Å². The molecule has 0 aliphatic rings. The molecule has 0 fully saturated rings. The van der Waals surface area contributed by atoms with Crippen molar-refractivity contribution in [3.05, 3.63) is 42.0 Å². The van der Waals surface area contributed by atoms with E-state index < -0.39 is 0 Å². The molecular weight excluding hydrogens is 344 g/mol. The standard InChI is InChI=1S/C19H20N6O2/c1-4-22-17-13-7-6-12(27-3)10-15(13)23-19(24-17)25-18(26)11-5-8-14(20)16(9-11)21-2/h5-10H,2,4,20H2,1,3H3,(H2,22,23,24,25,26). The van der Waals surface area contributed by atoms with Crippen LogP contribution in [0.15, 0.2) is 41.4 Å². The topological polar surface area (TPSA) is 115 Å². The van der Waals surface area contributed by atoms with E-state index in [1.54, 1.807) is 31.4 Å². The molecule has 0 spiro atoms. The number of benzene rings is 2. The molecule has 1 aromatic heterocycles. The van der Waals surface area contributed by atoms with Crippen molar-refractivity contribution in [2.45, 2.75) is 6.92 Å². The van der Waals surface area contributed by atoms with Crippen LogP contribution in [-0.2, 0) is 0 Å². The highest BCUT2D eigenvalue weighted by molar-refractivity contribution is 6.05. The number of carbonyl (C=O) groups excluding carboxylic acids is 1. The van der Waals surface area contributed by atoms with E-state index >= 15 is 0 Å². The van der Waals surface area contributed by atoms with Crippen molar-refractivity contribution in [1.29, 1.82) is 0 Å². The number of nitrogens with two attached hydrogens (primary N) is 1. The lowest BCUT2D eigenvalue weighted by atomic mass is 10.1. The summed E-state index contributed by atoms with van der Waals surface area (Å²) in [5, 5.41) is 6.73. The van der Waals surface area contributed by atoms with Crippen LogP contribution in [0.1, 0.15) is 17.3 Å². The van der Waals surface area contributed by atoms with Gasteiger partial charge in [-0.1, -0.05) is 0 Å². The Morgan fingerprint density at radius 1 is 1.26 bits per heavy atom. The lowest BCUT2D eigenvalue weighted by Gasteiger charge is -2.11. The minimum absolute atomic E-state index is 0.182. The number of aliphatic imine (C=N–C) groups is 1. The van der Waals surface area contributed by atoms with Gasteiger partial charge < -0.3 is 15.8 Å². The first-order valence-corrected chi connectivity index (χ1v) is 8.33. The molecule has 0 saturated heterocycles. The third-order valence-electron chi connectivity index (χ3n) is 3.94. The van der Waals surface area contributed by atoms with E-state index in [4.69, 9.17) is 10.5 Å². The van der Waals surface area contributed by atoms with E-state index in [1.807, 2.05) is 19.1 Å². The third kappa shape index (κ3) is 3.79. The molecule has 1 amide bonds. The molecule has 27 heavy (non-hydrogen) atoms. The van der Waals surface area contributed by atoms with Gasteiger partial charge in [-0.2, -0.15) is 4.98 Å². The first-order chi connectivity index (χ1) is 13.0. The minimum Gasteiger partial charge on any atom is -0.497 e. The van der Waals surface area contributed by atoms with Crippen molar-refractivity contribution in [3.8, 4) is 5.75 Å². The molecule has 0 aliphatic carbocycles. The molecule has 0 aliphatic heterocycles. The van der Waals surface area contributed by atoms with Crippen LogP contribution >= 0.6 is 0 Å². The largest absolute Gasteiger partial charge is 0.497 e. The zero-order valence-corrected chi connectivity index (χ0v) is 15.1. The number of nitrogens with zero attached hydrogens (tertiary/aromatic N) is 3. The van der Waals surface area contributed by atoms with Gasteiger partial charge in [-0.25, -0.2) is 4.98 Å². The summed E-state index contributed by atoms with van der Waals surface area (Å²) in [6, 6.07) is 10.3. The van der Waals surface area contributed by atoms with Crippen molar-refractivity contribution in [3.63, 3.8) is 0 Å². The first-order valence-electron chi connectivity index (χ1n) is 8.33. The average Bonchev–Trinajstić information content (AvgIpc) is 2.68. The van der Waals surface area contributed by atoms with Gasteiger partial charge in [0.15, 0.2) is 0 Å². The molecule has 0 bridgehead atoms. The fourth-order valence-electron chi connectivity index (χ4n) is 2.59. The molecular formula is C19H20N6O2. The highest BCUT2D eigenvalue weighted by Gasteiger charge is 2.13. The highest BCUT2D eigenvalue weighted by atomic mass is 16.5. The van der Waals surface area contributed by atoms with Crippen LogP contribution in [-0.4, -0.2) is 36.2 Å². The average molecular weight is 364 g/mol. The fourth-order valence-corrected chi connectivity index (χ4v) is 2.59. The Morgan fingerprint density at radius 2 is 2.07 bits per heavy atom. The number of amides is 1. The van der Waals surface area contributed by atoms with Crippen LogP contribution in [0.5, 0.6) is 5.75 Å². The van der Waals surface area contributed by atoms with Gasteiger partial charge in [-0.15, -0.1) is 0 Å². The van der Waals surface area contributed by atoms with Crippen molar-refractivity contribution in [2.75, 3.05) is 30.0 Å². The summed E-state index contributed by atoms with van der Waals surface area (Å²) in [6.07, 6.45) is 0. The van der Waals surface area contributed by atoms with Gasteiger partial charge in [0.25, 0.3) is 5.91 Å². The predicted molar refractivity (Wildman–Crippen MR) is 108 cm³/mol. The molecule has 8 nitrogen and oxygen atoms in total. The van der Waals surface area contributed by atoms with Crippen LogP contribution < -0.4 is 21.1 Å². The summed E-state index contributed by atoms with van der Waals surface area (Å²) in [5.74, 6) is 1.11. The Labute approximate surface area is 156 Å². The van der Waals surface area contributed by atoms with E-state index in [-0.39, 0.29) is 11.9 Å². The van der Waals surface area contributed by atoms with Gasteiger partial charge in [0.1, 0.15) is 11.6 Å². The Hall–Kier alpha value is -3.68. The van der Waals surface area contributed by atoms with Gasteiger partial charge in [0.2, 0.25) is 5.95 Å². The van der Waals surface area contributed by atoms with Crippen molar-refractivity contribution < 1.29 is 9.53 Å². The number of carbonyl (C=O) groups is 1. The number of nitrogens with one attached hydrogen (secondary N) is 2. The second-order valence-electron chi connectivity index (χ2n) is 5.70. The Bertz CT molecular complexity index is 1020. The molecule has 0 radical (unpaired) electrons. The van der Waals surface area contributed by atoms with Crippen LogP contribution in [0.25, 0.3) is 10.9 Å². The maximum absolute atomic E-state index is 12.6. The van der Waals surface area contributed by atoms with Gasteiger partial charge in [-0.3, -0.25) is 15.1 Å². The molecule has 0 unspecified atom stereocenters. The number of hydrogen-bond acceptors (Lipinski definition) is 7. The first kappa shape index (κ1) is 18.1. The summed E-state index contributed by atoms with van der Waals surface area (Å²) < 4.78 is 5.25. The van der Waals surface area contributed by atoms with Gasteiger partial charge in [-0.05, 0) is 44.0 Å². The summed E-state index contributed by atoms with van der Waals surface area (Å²) in [5.41, 5.74) is 7.71. The van der Waals surface area contributed by atoms with Crippen LogP contribution in [0.3, 0.4) is 0 Å². The second-order valence-corrected chi connectivity index (χ2v) is 5.70. The smallest absolute Gasteiger partial charge is 0.258 e. The molecule has 4 N–H and O–H groups in total. The van der Waals surface area contributed by atoms with Crippen molar-refractivity contribution in [1.82, 2.24) is 9.97 Å². The molecule has 3 aromatic rings. The molecule has 138 valence electrons. The number of hydrogen-bond donors (Lipinski definition) is 3. The maximum atomic E-state index is 12.6. The number of nitrogen functional groups attached to an aromatic ring is 1. The molecule has 1 heterocycles. The summed E-state index contributed by atoms with van der Waals surface area (Å²) in [6.45, 7) is 6.10.